The van der Waals surface area contributed by atoms with Gasteiger partial charge in [-0.2, -0.15) is 0 Å². The van der Waals surface area contributed by atoms with E-state index in [1.165, 1.54) is 4.90 Å². The third-order valence-corrected chi connectivity index (χ3v) is 1.93. The summed E-state index contributed by atoms with van der Waals surface area (Å²) < 4.78 is 0. The van der Waals surface area contributed by atoms with Crippen molar-refractivity contribution in [2.45, 2.75) is 0 Å². The fourth-order valence-electron chi connectivity index (χ4n) is 0.964. The van der Waals surface area contributed by atoms with Gasteiger partial charge in [-0.3, -0.25) is 4.79 Å². The van der Waals surface area contributed by atoms with Crippen LogP contribution in [0.15, 0.2) is 12.1 Å². The second-order valence-corrected chi connectivity index (χ2v) is 3.46. The molecule has 1 rings (SSSR count). The quantitative estimate of drug-likeness (QED) is 0.732. The molecular weight excluding hydrogens is 194 g/mol. The molecule has 6 heteroatoms. The maximum absolute atomic E-state index is 11.4. The summed E-state index contributed by atoms with van der Waals surface area (Å²) in [5.74, 6) is 1.00. The Morgan fingerprint density at radius 2 is 2.00 bits per heavy atom. The van der Waals surface area contributed by atoms with Crippen LogP contribution in [-0.2, 0) is 4.79 Å². The monoisotopic (exact) mass is 209 g/mol. The Bertz CT molecular complexity index is 335. The van der Waals surface area contributed by atoms with Crippen LogP contribution in [0.5, 0.6) is 0 Å². The van der Waals surface area contributed by atoms with Crippen LogP contribution in [0.25, 0.3) is 0 Å². The lowest BCUT2D eigenvalue weighted by atomic mass is 10.4. The molecule has 0 saturated heterocycles. The van der Waals surface area contributed by atoms with E-state index in [1.807, 2.05) is 0 Å². The molecule has 82 valence electrons. The van der Waals surface area contributed by atoms with Crippen molar-refractivity contribution in [1.82, 2.24) is 15.1 Å². The van der Waals surface area contributed by atoms with E-state index in [-0.39, 0.29) is 12.5 Å². The van der Waals surface area contributed by atoms with Gasteiger partial charge in [-0.1, -0.05) is 0 Å². The van der Waals surface area contributed by atoms with Crippen molar-refractivity contribution >= 4 is 17.5 Å². The molecule has 15 heavy (non-hydrogen) atoms. The number of carbonyl (C=O) groups excluding carboxylic acids is 1. The first-order valence-corrected chi connectivity index (χ1v) is 4.51. The van der Waals surface area contributed by atoms with Gasteiger partial charge < -0.3 is 15.5 Å². The molecule has 0 spiro atoms. The van der Waals surface area contributed by atoms with Crippen molar-refractivity contribution in [3.05, 3.63) is 12.1 Å². The number of anilines is 2. The molecule has 0 saturated carbocycles. The van der Waals surface area contributed by atoms with Gasteiger partial charge in [0.25, 0.3) is 0 Å². The molecule has 6 nitrogen and oxygen atoms in total. The summed E-state index contributed by atoms with van der Waals surface area (Å²) in [4.78, 5) is 14.7. The van der Waals surface area contributed by atoms with Crippen LogP contribution in [-0.4, -0.2) is 48.7 Å². The zero-order chi connectivity index (χ0) is 11.4. The van der Waals surface area contributed by atoms with E-state index < -0.39 is 0 Å². The van der Waals surface area contributed by atoms with Gasteiger partial charge >= 0.3 is 0 Å². The van der Waals surface area contributed by atoms with Gasteiger partial charge in [-0.25, -0.2) is 0 Å². The Morgan fingerprint density at radius 1 is 1.33 bits per heavy atom. The molecule has 1 amide bonds. The number of nitrogen functional groups attached to an aromatic ring is 1. The van der Waals surface area contributed by atoms with E-state index >= 15 is 0 Å². The highest BCUT2D eigenvalue weighted by Crippen LogP contribution is 2.07. The Balaban J connectivity index is 2.65. The standard InChI is InChI=1S/C9H15N5O/c1-13(2)9(15)6-14(3)8-5-4-7(10)11-12-8/h4-5H,6H2,1-3H3,(H2,10,11). The molecule has 0 fully saturated rings. The van der Waals surface area contributed by atoms with Crippen molar-refractivity contribution in [2.75, 3.05) is 38.3 Å². The van der Waals surface area contributed by atoms with Crippen LogP contribution in [0.4, 0.5) is 11.6 Å². The first kappa shape index (κ1) is 11.2. The topological polar surface area (TPSA) is 75.4 Å². The zero-order valence-electron chi connectivity index (χ0n) is 9.14. The number of hydrogen-bond acceptors (Lipinski definition) is 5. The number of hydrogen-bond donors (Lipinski definition) is 1. The van der Waals surface area contributed by atoms with Crippen LogP contribution >= 0.6 is 0 Å². The Hall–Kier alpha value is -1.85. The molecule has 0 aliphatic heterocycles. The van der Waals surface area contributed by atoms with Crippen LogP contribution in [0.2, 0.25) is 0 Å². The summed E-state index contributed by atoms with van der Waals surface area (Å²) in [6.45, 7) is 0.269. The minimum atomic E-state index is 0.0103. The summed E-state index contributed by atoms with van der Waals surface area (Å²) in [6.07, 6.45) is 0. The highest BCUT2D eigenvalue weighted by atomic mass is 16.2. The number of amides is 1. The first-order chi connectivity index (χ1) is 7.00. The van der Waals surface area contributed by atoms with E-state index in [1.54, 1.807) is 38.2 Å². The third-order valence-electron chi connectivity index (χ3n) is 1.93. The normalized spacial score (nSPS) is 9.80. The fourth-order valence-corrected chi connectivity index (χ4v) is 0.964. The smallest absolute Gasteiger partial charge is 0.241 e. The predicted molar refractivity (Wildman–Crippen MR) is 58.4 cm³/mol. The van der Waals surface area contributed by atoms with Crippen LogP contribution in [0.1, 0.15) is 0 Å². The average Bonchev–Trinajstić information content (AvgIpc) is 2.18. The zero-order valence-corrected chi connectivity index (χ0v) is 9.14. The maximum Gasteiger partial charge on any atom is 0.241 e. The number of aromatic nitrogens is 2. The van der Waals surface area contributed by atoms with Gasteiger partial charge in [0, 0.05) is 21.1 Å². The van der Waals surface area contributed by atoms with Crippen LogP contribution < -0.4 is 10.6 Å². The lowest BCUT2D eigenvalue weighted by Crippen LogP contribution is -2.34. The number of rotatable bonds is 3. The van der Waals surface area contributed by atoms with Crippen molar-refractivity contribution in [2.24, 2.45) is 0 Å². The van der Waals surface area contributed by atoms with Crippen molar-refractivity contribution in [3.8, 4) is 0 Å². The largest absolute Gasteiger partial charge is 0.382 e. The Kier molecular flexibility index (Phi) is 3.43. The second-order valence-electron chi connectivity index (χ2n) is 3.46. The van der Waals surface area contributed by atoms with Crippen molar-refractivity contribution < 1.29 is 4.79 Å². The summed E-state index contributed by atoms with van der Waals surface area (Å²) in [6, 6.07) is 3.38. The molecule has 0 bridgehead atoms. The lowest BCUT2D eigenvalue weighted by Gasteiger charge is -2.19. The molecule has 0 aromatic carbocycles. The lowest BCUT2D eigenvalue weighted by molar-refractivity contribution is -0.127. The minimum absolute atomic E-state index is 0.0103. The van der Waals surface area contributed by atoms with E-state index in [0.717, 1.165) is 0 Å². The van der Waals surface area contributed by atoms with Crippen molar-refractivity contribution in [3.63, 3.8) is 0 Å². The molecule has 2 N–H and O–H groups in total. The highest BCUT2D eigenvalue weighted by Gasteiger charge is 2.09. The molecular formula is C9H15N5O. The van der Waals surface area contributed by atoms with Gasteiger partial charge in [-0.15, -0.1) is 10.2 Å². The van der Waals surface area contributed by atoms with E-state index in [2.05, 4.69) is 10.2 Å². The van der Waals surface area contributed by atoms with E-state index in [9.17, 15) is 4.79 Å². The van der Waals surface area contributed by atoms with Gasteiger partial charge in [0.15, 0.2) is 5.82 Å². The number of nitrogens with zero attached hydrogens (tertiary/aromatic N) is 4. The third kappa shape index (κ3) is 3.08. The van der Waals surface area contributed by atoms with Gasteiger partial charge in [0.05, 0.1) is 6.54 Å². The minimum Gasteiger partial charge on any atom is -0.382 e. The van der Waals surface area contributed by atoms with Crippen LogP contribution in [0.3, 0.4) is 0 Å². The maximum atomic E-state index is 11.4. The molecule has 0 aliphatic carbocycles. The average molecular weight is 209 g/mol. The Morgan fingerprint density at radius 3 is 2.47 bits per heavy atom. The molecule has 0 atom stereocenters. The summed E-state index contributed by atoms with van der Waals surface area (Å²) in [5.41, 5.74) is 5.41. The molecule has 0 aliphatic rings. The molecule has 0 radical (unpaired) electrons. The fraction of sp³-hybridized carbons (Fsp3) is 0.444. The number of nitrogens with two attached hydrogens (primary N) is 1. The van der Waals surface area contributed by atoms with Crippen molar-refractivity contribution in [1.29, 1.82) is 0 Å². The summed E-state index contributed by atoms with van der Waals surface area (Å²) in [7, 11) is 5.21. The first-order valence-electron chi connectivity index (χ1n) is 4.51. The molecule has 1 heterocycles. The molecule has 1 aromatic rings. The summed E-state index contributed by atoms with van der Waals surface area (Å²) in [5, 5.41) is 7.58. The highest BCUT2D eigenvalue weighted by molar-refractivity contribution is 5.80. The van der Waals surface area contributed by atoms with Gasteiger partial charge in [-0.05, 0) is 12.1 Å². The number of likely N-dealkylation sites (N-methyl/N-ethyl adjacent to an activating group) is 2. The SMILES string of the molecule is CN(C)C(=O)CN(C)c1ccc(N)nn1. The van der Waals surface area contributed by atoms with Gasteiger partial charge in [0.2, 0.25) is 5.91 Å². The molecule has 0 unspecified atom stereocenters. The summed E-state index contributed by atoms with van der Waals surface area (Å²) >= 11 is 0. The number of carbonyl (C=O) groups is 1. The van der Waals surface area contributed by atoms with E-state index in [0.29, 0.717) is 11.6 Å². The Labute approximate surface area is 88.7 Å². The molecule has 1 aromatic heterocycles. The van der Waals surface area contributed by atoms with E-state index in [4.69, 9.17) is 5.73 Å². The van der Waals surface area contributed by atoms with Crippen LogP contribution in [0, 0.1) is 0 Å². The second kappa shape index (κ2) is 4.59. The van der Waals surface area contributed by atoms with Gasteiger partial charge in [0.1, 0.15) is 5.82 Å². The predicted octanol–water partition coefficient (Wildman–Crippen LogP) is -0.417.